The van der Waals surface area contributed by atoms with Crippen LogP contribution in [0.5, 0.6) is 17.2 Å². The SMILES string of the molecule is COc1ccc(C(=O)NCC2CC(N)C2)c(OC)c1OC. The number of benzene rings is 1. The number of hydrogen-bond acceptors (Lipinski definition) is 5. The van der Waals surface area contributed by atoms with E-state index in [1.807, 2.05) is 0 Å². The molecule has 0 aromatic heterocycles. The van der Waals surface area contributed by atoms with Crippen molar-refractivity contribution in [3.05, 3.63) is 17.7 Å². The molecule has 6 nitrogen and oxygen atoms in total. The van der Waals surface area contributed by atoms with E-state index in [0.29, 0.717) is 35.3 Å². The minimum Gasteiger partial charge on any atom is -0.493 e. The molecule has 6 heteroatoms. The van der Waals surface area contributed by atoms with Crippen molar-refractivity contribution in [2.75, 3.05) is 27.9 Å². The van der Waals surface area contributed by atoms with Crippen molar-refractivity contribution in [1.29, 1.82) is 0 Å². The average Bonchev–Trinajstić information content (AvgIpc) is 2.48. The third-order valence-electron chi connectivity index (χ3n) is 3.77. The number of amides is 1. The summed E-state index contributed by atoms with van der Waals surface area (Å²) in [6.07, 6.45) is 1.92. The zero-order valence-electron chi connectivity index (χ0n) is 12.6. The molecule has 0 aliphatic heterocycles. The Morgan fingerprint density at radius 3 is 2.38 bits per heavy atom. The topological polar surface area (TPSA) is 82.8 Å². The fraction of sp³-hybridized carbons (Fsp3) is 0.533. The molecule has 1 saturated carbocycles. The second-order valence-corrected chi connectivity index (χ2v) is 5.19. The summed E-state index contributed by atoms with van der Waals surface area (Å²) in [6.45, 7) is 0.629. The van der Waals surface area contributed by atoms with Gasteiger partial charge in [-0.1, -0.05) is 0 Å². The lowest BCUT2D eigenvalue weighted by Gasteiger charge is -2.32. The van der Waals surface area contributed by atoms with Crippen LogP contribution >= 0.6 is 0 Å². The standard InChI is InChI=1S/C15H22N2O4/c1-19-12-5-4-11(13(20-2)14(12)21-3)15(18)17-8-9-6-10(16)7-9/h4-5,9-10H,6-8,16H2,1-3H3,(H,17,18). The number of carbonyl (C=O) groups is 1. The maximum absolute atomic E-state index is 12.3. The molecule has 0 spiro atoms. The van der Waals surface area contributed by atoms with Gasteiger partial charge in [0.05, 0.1) is 26.9 Å². The Hall–Kier alpha value is -1.95. The first kappa shape index (κ1) is 15.4. The van der Waals surface area contributed by atoms with E-state index in [9.17, 15) is 4.79 Å². The third kappa shape index (κ3) is 3.21. The van der Waals surface area contributed by atoms with Gasteiger partial charge < -0.3 is 25.3 Å². The van der Waals surface area contributed by atoms with E-state index in [1.54, 1.807) is 12.1 Å². The molecule has 1 aromatic rings. The lowest BCUT2D eigenvalue weighted by atomic mass is 9.81. The highest BCUT2D eigenvalue weighted by Crippen LogP contribution is 2.39. The summed E-state index contributed by atoms with van der Waals surface area (Å²) in [7, 11) is 4.55. The van der Waals surface area contributed by atoms with Crippen LogP contribution in [0.4, 0.5) is 0 Å². The van der Waals surface area contributed by atoms with E-state index in [4.69, 9.17) is 19.9 Å². The van der Waals surface area contributed by atoms with Gasteiger partial charge in [0, 0.05) is 12.6 Å². The van der Waals surface area contributed by atoms with Crippen molar-refractivity contribution >= 4 is 5.91 Å². The second kappa shape index (κ2) is 6.67. The maximum Gasteiger partial charge on any atom is 0.255 e. The predicted molar refractivity (Wildman–Crippen MR) is 79.1 cm³/mol. The Balaban J connectivity index is 2.12. The maximum atomic E-state index is 12.3. The largest absolute Gasteiger partial charge is 0.493 e. The van der Waals surface area contributed by atoms with Crippen LogP contribution in [0.3, 0.4) is 0 Å². The Kier molecular flexibility index (Phi) is 4.90. The van der Waals surface area contributed by atoms with E-state index < -0.39 is 0 Å². The molecule has 0 radical (unpaired) electrons. The first-order valence-corrected chi connectivity index (χ1v) is 6.93. The van der Waals surface area contributed by atoms with Gasteiger partial charge in [0.25, 0.3) is 5.91 Å². The first-order chi connectivity index (χ1) is 10.1. The van der Waals surface area contributed by atoms with E-state index in [1.165, 1.54) is 21.3 Å². The smallest absolute Gasteiger partial charge is 0.255 e. The molecule has 1 amide bonds. The molecule has 1 aromatic carbocycles. The van der Waals surface area contributed by atoms with E-state index in [2.05, 4.69) is 5.32 Å². The lowest BCUT2D eigenvalue weighted by molar-refractivity contribution is 0.0931. The molecule has 1 aliphatic carbocycles. The van der Waals surface area contributed by atoms with Crippen molar-refractivity contribution in [3.63, 3.8) is 0 Å². The highest BCUT2D eigenvalue weighted by Gasteiger charge is 2.27. The Morgan fingerprint density at radius 1 is 1.19 bits per heavy atom. The van der Waals surface area contributed by atoms with Crippen molar-refractivity contribution in [2.24, 2.45) is 11.7 Å². The molecule has 2 rings (SSSR count). The van der Waals surface area contributed by atoms with Gasteiger partial charge in [-0.05, 0) is 30.9 Å². The fourth-order valence-corrected chi connectivity index (χ4v) is 2.57. The summed E-state index contributed by atoms with van der Waals surface area (Å²) in [4.78, 5) is 12.3. The second-order valence-electron chi connectivity index (χ2n) is 5.19. The van der Waals surface area contributed by atoms with Crippen molar-refractivity contribution in [1.82, 2.24) is 5.32 Å². The van der Waals surface area contributed by atoms with Crippen LogP contribution in [0.15, 0.2) is 12.1 Å². The molecule has 0 heterocycles. The minimum absolute atomic E-state index is 0.187. The summed E-state index contributed by atoms with van der Waals surface area (Å²) in [5, 5.41) is 2.91. The number of hydrogen-bond donors (Lipinski definition) is 2. The monoisotopic (exact) mass is 294 g/mol. The number of nitrogens with two attached hydrogens (primary N) is 1. The molecule has 0 saturated heterocycles. The highest BCUT2D eigenvalue weighted by atomic mass is 16.5. The summed E-state index contributed by atoms with van der Waals surface area (Å²) in [5.74, 6) is 1.59. The van der Waals surface area contributed by atoms with Gasteiger partial charge in [-0.2, -0.15) is 0 Å². The Labute approximate surface area is 124 Å². The van der Waals surface area contributed by atoms with Crippen LogP contribution in [-0.4, -0.2) is 39.8 Å². The number of rotatable bonds is 6. The zero-order valence-corrected chi connectivity index (χ0v) is 12.6. The molecule has 0 atom stereocenters. The van der Waals surface area contributed by atoms with Gasteiger partial charge in [0.15, 0.2) is 11.5 Å². The quantitative estimate of drug-likeness (QED) is 0.823. The molecule has 1 fully saturated rings. The summed E-state index contributed by atoms with van der Waals surface area (Å²) >= 11 is 0. The average molecular weight is 294 g/mol. The van der Waals surface area contributed by atoms with Crippen LogP contribution < -0.4 is 25.3 Å². The fourth-order valence-electron chi connectivity index (χ4n) is 2.57. The summed E-state index contributed by atoms with van der Waals surface area (Å²) in [5.41, 5.74) is 6.17. The minimum atomic E-state index is -0.187. The highest BCUT2D eigenvalue weighted by molar-refractivity contribution is 5.98. The van der Waals surface area contributed by atoms with Crippen molar-refractivity contribution in [2.45, 2.75) is 18.9 Å². The Morgan fingerprint density at radius 2 is 1.86 bits per heavy atom. The molecule has 0 bridgehead atoms. The lowest BCUT2D eigenvalue weighted by Crippen LogP contribution is -2.42. The molecular weight excluding hydrogens is 272 g/mol. The van der Waals surface area contributed by atoms with Crippen LogP contribution in [0, 0.1) is 5.92 Å². The number of methoxy groups -OCH3 is 3. The first-order valence-electron chi connectivity index (χ1n) is 6.93. The molecule has 21 heavy (non-hydrogen) atoms. The third-order valence-corrected chi connectivity index (χ3v) is 3.77. The molecule has 0 unspecified atom stereocenters. The summed E-state index contributed by atoms with van der Waals surface area (Å²) in [6, 6.07) is 3.64. The van der Waals surface area contributed by atoms with Gasteiger partial charge in [0.2, 0.25) is 5.75 Å². The zero-order chi connectivity index (χ0) is 15.4. The van der Waals surface area contributed by atoms with Crippen molar-refractivity contribution in [3.8, 4) is 17.2 Å². The van der Waals surface area contributed by atoms with E-state index >= 15 is 0 Å². The molecular formula is C15H22N2O4. The predicted octanol–water partition coefficient (Wildman–Crippen LogP) is 1.18. The number of ether oxygens (including phenoxy) is 3. The Bertz CT molecular complexity index is 513. The van der Waals surface area contributed by atoms with Gasteiger partial charge in [-0.3, -0.25) is 4.79 Å². The summed E-state index contributed by atoms with van der Waals surface area (Å²) < 4.78 is 15.8. The van der Waals surface area contributed by atoms with Crippen LogP contribution in [0.2, 0.25) is 0 Å². The van der Waals surface area contributed by atoms with Crippen LogP contribution in [0.25, 0.3) is 0 Å². The van der Waals surface area contributed by atoms with Gasteiger partial charge in [-0.25, -0.2) is 0 Å². The van der Waals surface area contributed by atoms with Crippen molar-refractivity contribution < 1.29 is 19.0 Å². The normalized spacial score (nSPS) is 20.4. The van der Waals surface area contributed by atoms with E-state index in [0.717, 1.165) is 12.8 Å². The van der Waals surface area contributed by atoms with Gasteiger partial charge in [0.1, 0.15) is 0 Å². The van der Waals surface area contributed by atoms with Crippen LogP contribution in [0.1, 0.15) is 23.2 Å². The molecule has 1 aliphatic rings. The molecule has 116 valence electrons. The van der Waals surface area contributed by atoms with Crippen LogP contribution in [-0.2, 0) is 0 Å². The van der Waals surface area contributed by atoms with E-state index in [-0.39, 0.29) is 11.9 Å². The number of nitrogens with one attached hydrogen (secondary N) is 1. The number of carbonyl (C=O) groups excluding carboxylic acids is 1. The molecule has 3 N–H and O–H groups in total. The van der Waals surface area contributed by atoms with Gasteiger partial charge >= 0.3 is 0 Å². The van der Waals surface area contributed by atoms with Gasteiger partial charge in [-0.15, -0.1) is 0 Å².